The molecule has 0 atom stereocenters. The molecule has 0 saturated heterocycles. The smallest absolute Gasteiger partial charge is 0.271 e. The van der Waals surface area contributed by atoms with Gasteiger partial charge in [-0.1, -0.05) is 18.2 Å². The number of benzene rings is 3. The summed E-state index contributed by atoms with van der Waals surface area (Å²) in [6, 6.07) is 20.0. The summed E-state index contributed by atoms with van der Waals surface area (Å²) < 4.78 is 32.2. The molecular weight excluding hydrogens is 475 g/mol. The van der Waals surface area contributed by atoms with E-state index in [-0.39, 0.29) is 11.9 Å². The van der Waals surface area contributed by atoms with E-state index in [9.17, 15) is 9.18 Å². The first-order chi connectivity index (χ1) is 17.9. The van der Waals surface area contributed by atoms with E-state index in [1.807, 2.05) is 44.2 Å². The zero-order chi connectivity index (χ0) is 26.4. The van der Waals surface area contributed by atoms with Gasteiger partial charge in [-0.25, -0.2) is 9.82 Å². The highest BCUT2D eigenvalue weighted by Crippen LogP contribution is 2.30. The number of carbonyl (C=O) groups excluding carboxylic acids is 1. The van der Waals surface area contributed by atoms with Gasteiger partial charge < -0.3 is 14.2 Å². The molecule has 9 heteroatoms. The number of nitrogens with zero attached hydrogens (tertiary/aromatic N) is 3. The predicted molar refractivity (Wildman–Crippen MR) is 139 cm³/mol. The van der Waals surface area contributed by atoms with Gasteiger partial charge in [-0.3, -0.25) is 4.79 Å². The summed E-state index contributed by atoms with van der Waals surface area (Å²) in [6.45, 7) is 5.62. The maximum atomic E-state index is 13.4. The second kappa shape index (κ2) is 11.4. The predicted octanol–water partition coefficient (Wildman–Crippen LogP) is 5.67. The number of carbonyl (C=O) groups is 1. The highest BCUT2D eigenvalue weighted by molar-refractivity contribution is 5.95. The van der Waals surface area contributed by atoms with Crippen molar-refractivity contribution in [2.45, 2.75) is 26.9 Å². The van der Waals surface area contributed by atoms with Gasteiger partial charge >= 0.3 is 0 Å². The molecule has 4 rings (SSSR count). The molecule has 0 bridgehead atoms. The number of hydrazone groups is 1. The standard InChI is InChI=1S/C28H27FN4O4/c1-18(2)36-25-15-10-20(16-26(25)35-4)27(34)31-30-17-24-19(3)32-33(22-8-6-5-7-9-22)28(24)37-23-13-11-21(29)12-14-23/h5-18H,1-4H3,(H,31,34)/b30-17-. The summed E-state index contributed by atoms with van der Waals surface area (Å²) in [4.78, 5) is 12.7. The normalized spacial score (nSPS) is 11.1. The third-order valence-corrected chi connectivity index (χ3v) is 5.24. The van der Waals surface area contributed by atoms with Crippen LogP contribution in [0.2, 0.25) is 0 Å². The first kappa shape index (κ1) is 25.4. The number of nitrogens with one attached hydrogen (secondary N) is 1. The number of amides is 1. The number of ether oxygens (including phenoxy) is 3. The molecule has 3 aromatic carbocycles. The van der Waals surface area contributed by atoms with Crippen LogP contribution in [0.1, 0.15) is 35.5 Å². The van der Waals surface area contributed by atoms with E-state index in [4.69, 9.17) is 14.2 Å². The average Bonchev–Trinajstić information content (AvgIpc) is 3.20. The molecule has 1 amide bonds. The van der Waals surface area contributed by atoms with E-state index in [0.29, 0.717) is 39.9 Å². The lowest BCUT2D eigenvalue weighted by Gasteiger charge is -2.14. The fourth-order valence-corrected chi connectivity index (χ4v) is 3.50. The molecule has 4 aromatic rings. The van der Waals surface area contributed by atoms with Gasteiger partial charge in [0.05, 0.1) is 36.4 Å². The highest BCUT2D eigenvalue weighted by atomic mass is 19.1. The van der Waals surface area contributed by atoms with Crippen molar-refractivity contribution in [3.63, 3.8) is 0 Å². The second-order valence-corrected chi connectivity index (χ2v) is 8.34. The minimum atomic E-state index is -0.431. The Hall–Kier alpha value is -4.66. The fraction of sp³-hybridized carbons (Fsp3) is 0.179. The summed E-state index contributed by atoms with van der Waals surface area (Å²) >= 11 is 0. The lowest BCUT2D eigenvalue weighted by molar-refractivity contribution is 0.0954. The topological polar surface area (TPSA) is 87.0 Å². The summed E-state index contributed by atoms with van der Waals surface area (Å²) in [7, 11) is 1.51. The summed E-state index contributed by atoms with van der Waals surface area (Å²) in [5.74, 6) is 0.979. The number of methoxy groups -OCH3 is 1. The van der Waals surface area contributed by atoms with Crippen LogP contribution in [-0.2, 0) is 0 Å². The molecule has 0 radical (unpaired) electrons. The van der Waals surface area contributed by atoms with E-state index in [2.05, 4.69) is 15.6 Å². The Bertz CT molecular complexity index is 1400. The molecule has 0 aliphatic heterocycles. The minimum Gasteiger partial charge on any atom is -0.493 e. The molecular formula is C28H27FN4O4. The Morgan fingerprint density at radius 2 is 1.78 bits per heavy atom. The first-order valence-electron chi connectivity index (χ1n) is 11.6. The minimum absolute atomic E-state index is 0.0375. The fourth-order valence-electron chi connectivity index (χ4n) is 3.50. The maximum Gasteiger partial charge on any atom is 0.271 e. The molecule has 8 nitrogen and oxygen atoms in total. The number of halogens is 1. The largest absolute Gasteiger partial charge is 0.493 e. The number of hydrogen-bond acceptors (Lipinski definition) is 6. The quantitative estimate of drug-likeness (QED) is 0.235. The number of rotatable bonds is 9. The molecule has 0 aliphatic carbocycles. The Balaban J connectivity index is 1.60. The van der Waals surface area contributed by atoms with Crippen molar-refractivity contribution < 1.29 is 23.4 Å². The van der Waals surface area contributed by atoms with Crippen molar-refractivity contribution in [1.29, 1.82) is 0 Å². The van der Waals surface area contributed by atoms with E-state index in [1.54, 1.807) is 29.8 Å². The van der Waals surface area contributed by atoms with Gasteiger partial charge in [0.15, 0.2) is 11.5 Å². The Morgan fingerprint density at radius 3 is 2.46 bits per heavy atom. The third kappa shape index (κ3) is 6.13. The molecule has 0 spiro atoms. The zero-order valence-corrected chi connectivity index (χ0v) is 20.9. The van der Waals surface area contributed by atoms with Gasteiger partial charge in [-0.15, -0.1) is 0 Å². The van der Waals surface area contributed by atoms with Crippen molar-refractivity contribution >= 4 is 12.1 Å². The molecule has 0 aliphatic rings. The van der Waals surface area contributed by atoms with Crippen molar-refractivity contribution in [1.82, 2.24) is 15.2 Å². The van der Waals surface area contributed by atoms with Crippen LogP contribution < -0.4 is 19.6 Å². The van der Waals surface area contributed by atoms with E-state index >= 15 is 0 Å². The third-order valence-electron chi connectivity index (χ3n) is 5.24. The van der Waals surface area contributed by atoms with E-state index in [1.165, 1.54) is 37.6 Å². The van der Waals surface area contributed by atoms with Crippen molar-refractivity contribution in [3.8, 4) is 28.8 Å². The van der Waals surface area contributed by atoms with Crippen LogP contribution in [0.5, 0.6) is 23.1 Å². The molecule has 37 heavy (non-hydrogen) atoms. The van der Waals surface area contributed by atoms with Gasteiger partial charge in [0.25, 0.3) is 5.91 Å². The molecule has 0 fully saturated rings. The number of aryl methyl sites for hydroxylation is 1. The van der Waals surface area contributed by atoms with Crippen LogP contribution in [0, 0.1) is 12.7 Å². The molecule has 1 aromatic heterocycles. The zero-order valence-electron chi connectivity index (χ0n) is 20.9. The number of hydrogen-bond donors (Lipinski definition) is 1. The molecule has 190 valence electrons. The maximum absolute atomic E-state index is 13.4. The molecule has 0 unspecified atom stereocenters. The van der Waals surface area contributed by atoms with Crippen LogP contribution in [0.15, 0.2) is 77.9 Å². The first-order valence-corrected chi connectivity index (χ1v) is 11.6. The van der Waals surface area contributed by atoms with E-state index < -0.39 is 5.91 Å². The molecule has 1 heterocycles. The lowest BCUT2D eigenvalue weighted by Crippen LogP contribution is -2.18. The van der Waals surface area contributed by atoms with Crippen molar-refractivity contribution in [2.75, 3.05) is 7.11 Å². The van der Waals surface area contributed by atoms with Crippen LogP contribution in [-0.4, -0.2) is 35.1 Å². The summed E-state index contributed by atoms with van der Waals surface area (Å²) in [6.07, 6.45) is 1.43. The Kier molecular flexibility index (Phi) is 7.83. The van der Waals surface area contributed by atoms with Crippen molar-refractivity contribution in [3.05, 3.63) is 95.4 Å². The van der Waals surface area contributed by atoms with Gasteiger partial charge in [0, 0.05) is 5.56 Å². The highest BCUT2D eigenvalue weighted by Gasteiger charge is 2.18. The second-order valence-electron chi connectivity index (χ2n) is 8.34. The van der Waals surface area contributed by atoms with Gasteiger partial charge in [0.2, 0.25) is 5.88 Å². The summed E-state index contributed by atoms with van der Waals surface area (Å²) in [5, 5.41) is 8.73. The Morgan fingerprint density at radius 1 is 1.05 bits per heavy atom. The molecule has 1 N–H and O–H groups in total. The SMILES string of the molecule is COc1cc(C(=O)N/N=C\c2c(C)nn(-c3ccccc3)c2Oc2ccc(F)cc2)ccc1OC(C)C. The number of aromatic nitrogens is 2. The van der Waals surface area contributed by atoms with Gasteiger partial charge in [0.1, 0.15) is 11.6 Å². The lowest BCUT2D eigenvalue weighted by atomic mass is 10.2. The monoisotopic (exact) mass is 502 g/mol. The number of para-hydroxylation sites is 1. The van der Waals surface area contributed by atoms with Gasteiger partial charge in [-0.2, -0.15) is 14.9 Å². The van der Waals surface area contributed by atoms with Crippen LogP contribution in [0.4, 0.5) is 4.39 Å². The van der Waals surface area contributed by atoms with Crippen LogP contribution in [0.25, 0.3) is 5.69 Å². The molecule has 0 saturated carbocycles. The van der Waals surface area contributed by atoms with Crippen LogP contribution >= 0.6 is 0 Å². The van der Waals surface area contributed by atoms with Gasteiger partial charge in [-0.05, 0) is 75.4 Å². The van der Waals surface area contributed by atoms with Crippen molar-refractivity contribution in [2.24, 2.45) is 5.10 Å². The van der Waals surface area contributed by atoms with Crippen LogP contribution in [0.3, 0.4) is 0 Å². The Labute approximate surface area is 214 Å². The summed E-state index contributed by atoms with van der Waals surface area (Å²) in [5.41, 5.74) is 4.81. The van der Waals surface area contributed by atoms with E-state index in [0.717, 1.165) is 5.69 Å². The average molecular weight is 503 g/mol.